The van der Waals surface area contributed by atoms with E-state index in [0.717, 1.165) is 0 Å². The van der Waals surface area contributed by atoms with Gasteiger partial charge >= 0.3 is 0 Å². The van der Waals surface area contributed by atoms with Crippen LogP contribution in [-0.4, -0.2) is 25.3 Å². The van der Waals surface area contributed by atoms with Gasteiger partial charge < -0.3 is 0 Å². The second-order valence-corrected chi connectivity index (χ2v) is 7.26. The average molecular weight is 255 g/mol. The highest BCUT2D eigenvalue weighted by Gasteiger charge is 2.23. The Morgan fingerprint density at radius 3 is 2.17 bits per heavy atom. The van der Waals surface area contributed by atoms with Crippen LogP contribution in [0.5, 0.6) is 0 Å². The molecule has 0 fully saturated rings. The summed E-state index contributed by atoms with van der Waals surface area (Å²) in [6, 6.07) is 0. The number of carbonyl (C=O) groups excluding carboxylic acids is 1. The van der Waals surface area contributed by atoms with Crippen molar-refractivity contribution >= 4 is 32.5 Å². The fraction of sp³-hybridized carbons (Fsp3) is 0.875. The highest BCUT2D eigenvalue weighted by molar-refractivity contribution is 9.10. The summed E-state index contributed by atoms with van der Waals surface area (Å²) in [5.74, 6) is 0.152. The van der Waals surface area contributed by atoms with E-state index in [1.54, 1.807) is 6.92 Å². The van der Waals surface area contributed by atoms with Gasteiger partial charge in [-0.2, -0.15) is 0 Å². The summed E-state index contributed by atoms with van der Waals surface area (Å²) in [6.07, 6.45) is 0. The topological polar surface area (TPSA) is 34.1 Å². The summed E-state index contributed by atoms with van der Waals surface area (Å²) in [7, 11) is -1.07. The molecule has 0 aromatic rings. The van der Waals surface area contributed by atoms with Crippen molar-refractivity contribution in [1.82, 2.24) is 0 Å². The predicted octanol–water partition coefficient (Wildman–Crippen LogP) is 1.89. The van der Waals surface area contributed by atoms with Gasteiger partial charge in [0.2, 0.25) is 0 Å². The quantitative estimate of drug-likeness (QED) is 0.722. The predicted molar refractivity (Wildman–Crippen MR) is 56.2 cm³/mol. The molecule has 72 valence electrons. The van der Waals surface area contributed by atoms with Gasteiger partial charge in [0.15, 0.2) is 5.78 Å². The van der Waals surface area contributed by atoms with E-state index >= 15 is 0 Å². The van der Waals surface area contributed by atoms with Crippen LogP contribution < -0.4 is 0 Å². The van der Waals surface area contributed by atoms with Crippen molar-refractivity contribution in [3.63, 3.8) is 0 Å². The highest BCUT2D eigenvalue weighted by atomic mass is 79.9. The lowest BCUT2D eigenvalue weighted by Gasteiger charge is -2.17. The summed E-state index contributed by atoms with van der Waals surface area (Å²) in [5, 5.41) is 0. The minimum absolute atomic E-state index is 0.00302. The van der Waals surface area contributed by atoms with Gasteiger partial charge in [0.1, 0.15) is 0 Å². The van der Waals surface area contributed by atoms with Crippen LogP contribution in [0.4, 0.5) is 0 Å². The molecule has 0 saturated carbocycles. The lowest BCUT2D eigenvalue weighted by Crippen LogP contribution is -2.29. The molecule has 0 spiro atoms. The Hall–Kier alpha value is 0.300. The Labute approximate surface area is 84.7 Å². The lowest BCUT2D eigenvalue weighted by molar-refractivity contribution is -0.115. The number of hydrogen-bond acceptors (Lipinski definition) is 2. The van der Waals surface area contributed by atoms with E-state index in [-0.39, 0.29) is 21.1 Å². The number of alkyl halides is 1. The van der Waals surface area contributed by atoms with Crippen molar-refractivity contribution in [2.45, 2.75) is 37.3 Å². The summed E-state index contributed by atoms with van der Waals surface area (Å²) in [6.45, 7) is 7.36. The molecule has 2 atom stereocenters. The molecule has 0 aromatic carbocycles. The van der Waals surface area contributed by atoms with E-state index in [9.17, 15) is 9.00 Å². The van der Waals surface area contributed by atoms with Crippen molar-refractivity contribution < 1.29 is 9.00 Å². The number of ketones is 1. The van der Waals surface area contributed by atoms with Gasteiger partial charge in [0.25, 0.3) is 0 Å². The largest absolute Gasteiger partial charge is 0.297 e. The van der Waals surface area contributed by atoms with Crippen LogP contribution >= 0.6 is 15.9 Å². The normalized spacial score (nSPS) is 17.1. The van der Waals surface area contributed by atoms with Crippen molar-refractivity contribution in [3.8, 4) is 0 Å². The van der Waals surface area contributed by atoms with Crippen LogP contribution in [0, 0.1) is 0 Å². The third-order valence-corrected chi connectivity index (χ3v) is 3.82. The first-order valence-corrected chi connectivity index (χ1v) is 6.04. The molecule has 0 aliphatic rings. The second-order valence-electron chi connectivity index (χ2n) is 3.68. The number of hydrogen-bond donors (Lipinski definition) is 0. The van der Waals surface area contributed by atoms with Crippen LogP contribution in [0.25, 0.3) is 0 Å². The van der Waals surface area contributed by atoms with E-state index in [0.29, 0.717) is 0 Å². The molecule has 0 radical (unpaired) electrons. The Kier molecular flexibility index (Phi) is 4.62. The minimum atomic E-state index is -1.07. The minimum Gasteiger partial charge on any atom is -0.297 e. The molecule has 0 heterocycles. The number of carbonyl (C=O) groups is 1. The molecular formula is C8H15BrO2S. The van der Waals surface area contributed by atoms with Crippen molar-refractivity contribution in [3.05, 3.63) is 0 Å². The molecule has 2 nitrogen and oxygen atoms in total. The molecular weight excluding hydrogens is 240 g/mol. The first-order valence-electron chi connectivity index (χ1n) is 3.80. The van der Waals surface area contributed by atoms with Gasteiger partial charge in [0.05, 0.1) is 10.6 Å². The van der Waals surface area contributed by atoms with E-state index in [2.05, 4.69) is 15.9 Å². The van der Waals surface area contributed by atoms with E-state index in [1.807, 2.05) is 20.8 Å². The summed E-state index contributed by atoms with van der Waals surface area (Å²) in [4.78, 5) is 11.0. The maximum Gasteiger partial charge on any atom is 0.158 e. The average Bonchev–Trinajstić information content (AvgIpc) is 1.85. The van der Waals surface area contributed by atoms with Crippen LogP contribution in [0.1, 0.15) is 27.7 Å². The van der Waals surface area contributed by atoms with Gasteiger partial charge in [-0.25, -0.2) is 0 Å². The molecule has 0 amide bonds. The zero-order valence-corrected chi connectivity index (χ0v) is 10.3. The first-order chi connectivity index (χ1) is 5.25. The molecule has 0 bridgehead atoms. The van der Waals surface area contributed by atoms with Crippen LogP contribution in [0.2, 0.25) is 0 Å². The van der Waals surface area contributed by atoms with Gasteiger partial charge in [-0.3, -0.25) is 9.00 Å². The summed E-state index contributed by atoms with van der Waals surface area (Å²) < 4.78 is 11.2. The van der Waals surface area contributed by atoms with Crippen LogP contribution in [0.15, 0.2) is 0 Å². The molecule has 0 aliphatic heterocycles. The molecule has 4 heteroatoms. The van der Waals surface area contributed by atoms with Crippen molar-refractivity contribution in [2.24, 2.45) is 0 Å². The van der Waals surface area contributed by atoms with E-state index in [4.69, 9.17) is 0 Å². The molecule has 0 aliphatic carbocycles. The second kappa shape index (κ2) is 4.51. The van der Waals surface area contributed by atoms with Crippen LogP contribution in [-0.2, 0) is 15.6 Å². The van der Waals surface area contributed by atoms with Gasteiger partial charge in [-0.1, -0.05) is 15.9 Å². The molecule has 1 unspecified atom stereocenters. The van der Waals surface area contributed by atoms with Gasteiger partial charge in [-0.15, -0.1) is 0 Å². The SMILES string of the molecule is CC(Br)C(=O)C[S@@](=O)C(C)(C)C. The maximum absolute atomic E-state index is 11.4. The Morgan fingerprint density at radius 1 is 1.50 bits per heavy atom. The zero-order valence-electron chi connectivity index (χ0n) is 7.89. The zero-order chi connectivity index (χ0) is 9.94. The molecule has 0 aromatic heterocycles. The fourth-order valence-corrected chi connectivity index (χ4v) is 1.78. The number of halogens is 1. The molecule has 12 heavy (non-hydrogen) atoms. The number of rotatable bonds is 3. The summed E-state index contributed by atoms with van der Waals surface area (Å²) in [5.41, 5.74) is 0. The molecule has 0 saturated heterocycles. The van der Waals surface area contributed by atoms with Crippen molar-refractivity contribution in [1.29, 1.82) is 0 Å². The number of Topliss-reactive ketones (excluding diaryl/α,β-unsaturated/α-hetero) is 1. The summed E-state index contributed by atoms with van der Waals surface area (Å²) >= 11 is 3.15. The smallest absolute Gasteiger partial charge is 0.158 e. The molecule has 0 rings (SSSR count). The van der Waals surface area contributed by atoms with Gasteiger partial charge in [0, 0.05) is 15.5 Å². The fourth-order valence-electron chi connectivity index (χ4n) is 0.461. The Morgan fingerprint density at radius 2 is 1.92 bits per heavy atom. The van der Waals surface area contributed by atoms with E-state index < -0.39 is 10.8 Å². The van der Waals surface area contributed by atoms with E-state index in [1.165, 1.54) is 0 Å². The lowest BCUT2D eigenvalue weighted by atomic mass is 10.3. The third kappa shape index (κ3) is 4.36. The Balaban J connectivity index is 4.12. The first kappa shape index (κ1) is 12.3. The molecule has 0 N–H and O–H groups in total. The monoisotopic (exact) mass is 254 g/mol. The van der Waals surface area contributed by atoms with Crippen LogP contribution in [0.3, 0.4) is 0 Å². The third-order valence-electron chi connectivity index (χ3n) is 1.40. The van der Waals surface area contributed by atoms with Gasteiger partial charge in [-0.05, 0) is 27.7 Å². The Bertz CT molecular complexity index is 194. The maximum atomic E-state index is 11.4. The highest BCUT2D eigenvalue weighted by Crippen LogP contribution is 2.12. The standard InChI is InChI=1S/C8H15BrO2S/c1-6(9)7(10)5-12(11)8(2,3)4/h6H,5H2,1-4H3/t6?,12-/m1/s1. The van der Waals surface area contributed by atoms with Crippen molar-refractivity contribution in [2.75, 3.05) is 5.75 Å².